The third kappa shape index (κ3) is 9.86. The summed E-state index contributed by atoms with van der Waals surface area (Å²) in [5.74, 6) is -1.49. The Hall–Kier alpha value is -6.02. The van der Waals surface area contributed by atoms with E-state index < -0.39 is 54.3 Å². The third-order valence-corrected chi connectivity index (χ3v) is 9.58. The fraction of sp³-hybridized carbons (Fsp3) is 0.282. The van der Waals surface area contributed by atoms with Gasteiger partial charge in [-0.1, -0.05) is 48.5 Å². The van der Waals surface area contributed by atoms with Crippen LogP contribution in [0.1, 0.15) is 36.8 Å². The highest BCUT2D eigenvalue weighted by Gasteiger charge is 2.45. The number of urea groups is 1. The van der Waals surface area contributed by atoms with Gasteiger partial charge in [-0.15, -0.1) is 0 Å². The molecular formula is C39H39N5O8S. The van der Waals surface area contributed by atoms with Crippen LogP contribution in [-0.4, -0.2) is 76.8 Å². The molecule has 0 bridgehead atoms. The summed E-state index contributed by atoms with van der Waals surface area (Å²) in [4.78, 5) is 80.2. The zero-order valence-electron chi connectivity index (χ0n) is 28.8. The lowest BCUT2D eigenvalue weighted by Gasteiger charge is -2.43. The first-order valence-electron chi connectivity index (χ1n) is 17.3. The zero-order valence-corrected chi connectivity index (χ0v) is 29.6. The largest absolute Gasteiger partial charge is 0.457 e. The maximum absolute atomic E-state index is 14.0. The van der Waals surface area contributed by atoms with Crippen molar-refractivity contribution in [2.75, 3.05) is 18.5 Å². The number of anilines is 1. The van der Waals surface area contributed by atoms with Crippen molar-refractivity contribution in [1.82, 2.24) is 20.7 Å². The molecule has 53 heavy (non-hydrogen) atoms. The van der Waals surface area contributed by atoms with E-state index in [-0.39, 0.29) is 44.6 Å². The number of fused-ring (bicyclic) bond motifs is 1. The quantitative estimate of drug-likeness (QED) is 0.167. The van der Waals surface area contributed by atoms with Crippen molar-refractivity contribution in [2.24, 2.45) is 0 Å². The summed E-state index contributed by atoms with van der Waals surface area (Å²) in [7, 11) is 0. The van der Waals surface area contributed by atoms with E-state index in [2.05, 4.69) is 16.0 Å². The number of Topliss-reactive ketones (excluding diaryl/α,β-unsaturated/α-hetero) is 1. The van der Waals surface area contributed by atoms with Crippen LogP contribution < -0.4 is 20.7 Å². The number of ether oxygens (including phenoxy) is 2. The molecule has 1 aromatic heterocycles. The summed E-state index contributed by atoms with van der Waals surface area (Å²) in [6.45, 7) is -0.334. The number of hydrogen-bond acceptors (Lipinski definition) is 9. The van der Waals surface area contributed by atoms with Crippen LogP contribution in [0.5, 0.6) is 11.5 Å². The van der Waals surface area contributed by atoms with Gasteiger partial charge in [-0.2, -0.15) is 11.3 Å². The number of thiophene rings is 1. The Kier molecular flexibility index (Phi) is 12.1. The number of nitrogens with one attached hydrogen (secondary N) is 3. The number of benzene rings is 3. The Balaban J connectivity index is 1.11. The first kappa shape index (κ1) is 36.8. The molecule has 0 spiro atoms. The Labute approximate surface area is 310 Å². The van der Waals surface area contributed by atoms with Crippen LogP contribution in [0.4, 0.5) is 10.5 Å². The molecule has 14 heteroatoms. The number of amides is 5. The molecule has 2 aliphatic heterocycles. The van der Waals surface area contributed by atoms with Gasteiger partial charge in [0.15, 0.2) is 12.4 Å². The van der Waals surface area contributed by atoms with Crippen LogP contribution in [0, 0.1) is 0 Å². The lowest BCUT2D eigenvalue weighted by atomic mass is 10.0. The van der Waals surface area contributed by atoms with Crippen molar-refractivity contribution in [2.45, 2.75) is 56.7 Å². The van der Waals surface area contributed by atoms with E-state index >= 15 is 0 Å². The van der Waals surface area contributed by atoms with Crippen LogP contribution in [0.3, 0.4) is 0 Å². The molecule has 0 saturated carbocycles. The number of carbonyl (C=O) groups is 6. The number of esters is 1. The average Bonchev–Trinajstić information content (AvgIpc) is 3.65. The van der Waals surface area contributed by atoms with Crippen molar-refractivity contribution in [1.29, 1.82) is 0 Å². The van der Waals surface area contributed by atoms with E-state index in [4.69, 9.17) is 9.47 Å². The summed E-state index contributed by atoms with van der Waals surface area (Å²) in [6, 6.07) is 22.8. The first-order chi connectivity index (χ1) is 25.7. The lowest BCUT2D eigenvalue weighted by molar-refractivity contribution is -0.176. The monoisotopic (exact) mass is 737 g/mol. The smallest absolute Gasteiger partial charge is 0.319 e. The fourth-order valence-electron chi connectivity index (χ4n) is 6.19. The molecule has 0 aliphatic carbocycles. The normalized spacial score (nSPS) is 17.5. The van der Waals surface area contributed by atoms with Gasteiger partial charge in [-0.05, 0) is 90.0 Å². The Morgan fingerprint density at radius 1 is 0.849 bits per heavy atom. The topological polar surface area (TPSA) is 163 Å². The summed E-state index contributed by atoms with van der Waals surface area (Å²) in [6.07, 6.45) is 0.785. The second-order valence-electron chi connectivity index (χ2n) is 12.7. The molecule has 1 unspecified atom stereocenters. The van der Waals surface area contributed by atoms with Gasteiger partial charge < -0.3 is 25.4 Å². The highest BCUT2D eigenvalue weighted by Crippen LogP contribution is 2.26. The maximum Gasteiger partial charge on any atom is 0.319 e. The van der Waals surface area contributed by atoms with E-state index in [1.165, 1.54) is 16.3 Å². The van der Waals surface area contributed by atoms with Gasteiger partial charge in [0.05, 0.1) is 12.5 Å². The van der Waals surface area contributed by atoms with E-state index in [1.807, 2.05) is 59.3 Å². The molecule has 6 rings (SSSR count). The molecule has 4 aromatic rings. The van der Waals surface area contributed by atoms with Crippen LogP contribution in [0.25, 0.3) is 0 Å². The molecular weight excluding hydrogens is 699 g/mol. The second kappa shape index (κ2) is 17.5. The second-order valence-corrected chi connectivity index (χ2v) is 13.5. The fourth-order valence-corrected chi connectivity index (χ4v) is 6.86. The number of nitrogens with zero attached hydrogens (tertiary/aromatic N) is 2. The minimum atomic E-state index is -1.13. The highest BCUT2D eigenvalue weighted by atomic mass is 32.1. The van der Waals surface area contributed by atoms with Gasteiger partial charge in [0.1, 0.15) is 23.6 Å². The average molecular weight is 738 g/mol. The van der Waals surface area contributed by atoms with E-state index in [0.29, 0.717) is 23.6 Å². The van der Waals surface area contributed by atoms with Crippen molar-refractivity contribution < 1.29 is 38.2 Å². The summed E-state index contributed by atoms with van der Waals surface area (Å²) >= 11 is 1.44. The maximum atomic E-state index is 14.0. The number of hydrazine groups is 1. The number of hydrogen-bond donors (Lipinski definition) is 3. The molecule has 3 aromatic carbocycles. The van der Waals surface area contributed by atoms with Crippen LogP contribution in [-0.2, 0) is 41.6 Å². The van der Waals surface area contributed by atoms with Crippen molar-refractivity contribution >= 4 is 52.5 Å². The van der Waals surface area contributed by atoms with Crippen molar-refractivity contribution in [3.8, 4) is 11.5 Å². The van der Waals surface area contributed by atoms with Gasteiger partial charge >= 0.3 is 12.0 Å². The van der Waals surface area contributed by atoms with E-state index in [9.17, 15) is 28.8 Å². The highest BCUT2D eigenvalue weighted by molar-refractivity contribution is 7.08. The van der Waals surface area contributed by atoms with Crippen molar-refractivity contribution in [3.05, 3.63) is 113 Å². The van der Waals surface area contributed by atoms with Crippen LogP contribution in [0.2, 0.25) is 0 Å². The predicted octanol–water partition coefficient (Wildman–Crippen LogP) is 4.64. The molecule has 2 aliphatic rings. The van der Waals surface area contributed by atoms with Gasteiger partial charge in [0.25, 0.3) is 5.91 Å². The number of ketones is 1. The molecule has 3 atom stereocenters. The molecule has 13 nitrogen and oxygen atoms in total. The van der Waals surface area contributed by atoms with Gasteiger partial charge in [0, 0.05) is 18.7 Å². The molecule has 274 valence electrons. The van der Waals surface area contributed by atoms with Gasteiger partial charge in [-0.3, -0.25) is 29.0 Å². The van der Waals surface area contributed by atoms with Crippen molar-refractivity contribution in [3.63, 3.8) is 0 Å². The van der Waals surface area contributed by atoms with E-state index in [0.717, 1.165) is 16.1 Å². The molecule has 2 fully saturated rings. The first-order valence-corrected chi connectivity index (χ1v) is 18.3. The summed E-state index contributed by atoms with van der Waals surface area (Å²) in [5, 5.41) is 14.2. The predicted molar refractivity (Wildman–Crippen MR) is 196 cm³/mol. The van der Waals surface area contributed by atoms with Crippen LogP contribution >= 0.6 is 11.3 Å². The molecule has 2 saturated heterocycles. The Bertz CT molecular complexity index is 1910. The summed E-state index contributed by atoms with van der Waals surface area (Å²) in [5.41, 5.74) is 1.98. The third-order valence-electron chi connectivity index (χ3n) is 8.85. The minimum absolute atomic E-state index is 0.0126. The zero-order chi connectivity index (χ0) is 37.2. The van der Waals surface area contributed by atoms with Gasteiger partial charge in [-0.25, -0.2) is 9.80 Å². The molecule has 0 radical (unpaired) electrons. The number of para-hydroxylation sites is 1. The standard InChI is InChI=1S/C39H39N5O8S/c45-34(24-51-36(47)23-27-19-21-53-25-27)32(22-26-8-3-1-4-9-26)41-37(48)33-12-7-20-43-35(46)18-17-31(38(49)44(33)43)42-39(50)40-28-13-15-30(16-14-28)52-29-10-5-2-6-11-29/h1-6,8-11,13-16,19,21,25,31-33H,7,12,17-18,20,22-24H2,(H,41,48)(H2,40,42,50)/t31?,32-,33-/m0/s1. The summed E-state index contributed by atoms with van der Waals surface area (Å²) < 4.78 is 11.1. The SMILES string of the molecule is O=C(Nc1ccc(Oc2ccccc2)cc1)NC1CCC(=O)N2CCC[C@@H](C(=O)N[C@@H](Cc3ccccc3)C(=O)COC(=O)Cc3ccsc3)N2C1=O. The molecule has 3 heterocycles. The van der Waals surface area contributed by atoms with E-state index in [1.54, 1.807) is 42.5 Å². The Morgan fingerprint density at radius 2 is 1.57 bits per heavy atom. The minimum Gasteiger partial charge on any atom is -0.457 e. The van der Waals surface area contributed by atoms with Gasteiger partial charge in [0.2, 0.25) is 11.8 Å². The Morgan fingerprint density at radius 3 is 2.28 bits per heavy atom. The molecule has 3 N–H and O–H groups in total. The molecule has 5 amide bonds. The lowest BCUT2D eigenvalue weighted by Crippen LogP contribution is -2.64. The number of rotatable bonds is 13. The van der Waals surface area contributed by atoms with Crippen LogP contribution in [0.15, 0.2) is 102 Å². The number of carbonyl (C=O) groups excluding carboxylic acids is 6.